The van der Waals surface area contributed by atoms with E-state index < -0.39 is 18.1 Å². The van der Waals surface area contributed by atoms with Gasteiger partial charge in [-0.25, -0.2) is 0 Å². The molecule has 1 N–H and O–H groups in total. The van der Waals surface area contributed by atoms with Crippen molar-refractivity contribution in [3.63, 3.8) is 0 Å². The highest BCUT2D eigenvalue weighted by Gasteiger charge is 2.38. The van der Waals surface area contributed by atoms with Gasteiger partial charge in [-0.2, -0.15) is 22.8 Å². The van der Waals surface area contributed by atoms with Crippen LogP contribution in [0.15, 0.2) is 0 Å². The molecule has 0 spiro atoms. The van der Waals surface area contributed by atoms with Crippen molar-refractivity contribution in [2.75, 3.05) is 0 Å². The molecule has 5 nitrogen and oxygen atoms in total. The van der Waals surface area contributed by atoms with E-state index in [9.17, 15) is 13.2 Å². The van der Waals surface area contributed by atoms with E-state index in [0.29, 0.717) is 4.52 Å². The van der Waals surface area contributed by atoms with Gasteiger partial charge in [0.05, 0.1) is 0 Å². The average Bonchev–Trinajstić information content (AvgIpc) is 2.56. The Morgan fingerprint density at radius 2 is 2.07 bits per heavy atom. The fraction of sp³-hybridized carbons (Fsp3) is 0.500. The standard InChI is InChI=1S/C6H5F3N4OS/c1-2(14)3-12-13-4(6(7,8)9)10-11-5(13)15-3/h2,14H,1H3. The van der Waals surface area contributed by atoms with E-state index in [4.69, 9.17) is 5.11 Å². The van der Waals surface area contributed by atoms with Crippen molar-refractivity contribution < 1.29 is 18.3 Å². The van der Waals surface area contributed by atoms with Crippen molar-refractivity contribution in [2.24, 2.45) is 0 Å². The van der Waals surface area contributed by atoms with Crippen LogP contribution in [0, 0.1) is 0 Å². The molecule has 1 unspecified atom stereocenters. The van der Waals surface area contributed by atoms with E-state index in [-0.39, 0.29) is 9.97 Å². The molecule has 9 heteroatoms. The van der Waals surface area contributed by atoms with Gasteiger partial charge in [0, 0.05) is 0 Å². The number of aromatic nitrogens is 4. The van der Waals surface area contributed by atoms with Crippen LogP contribution in [-0.4, -0.2) is 24.9 Å². The lowest BCUT2D eigenvalue weighted by Gasteiger charge is -2.00. The molecule has 0 amide bonds. The normalized spacial score (nSPS) is 14.7. The van der Waals surface area contributed by atoms with Crippen molar-refractivity contribution in [1.82, 2.24) is 19.8 Å². The van der Waals surface area contributed by atoms with Crippen LogP contribution in [-0.2, 0) is 6.18 Å². The molecule has 2 heterocycles. The molecule has 0 saturated carbocycles. The van der Waals surface area contributed by atoms with Crippen LogP contribution in [0.4, 0.5) is 13.2 Å². The molecule has 0 aliphatic carbocycles. The molecule has 0 bridgehead atoms. The molecule has 2 aromatic rings. The largest absolute Gasteiger partial charge is 0.453 e. The zero-order valence-corrected chi connectivity index (χ0v) is 8.17. The molecule has 0 aromatic carbocycles. The van der Waals surface area contributed by atoms with Crippen molar-refractivity contribution in [3.8, 4) is 0 Å². The maximum Gasteiger partial charge on any atom is 0.453 e. The maximum atomic E-state index is 12.3. The highest BCUT2D eigenvalue weighted by Crippen LogP contribution is 2.29. The summed E-state index contributed by atoms with van der Waals surface area (Å²) in [5.74, 6) is -1.18. The average molecular weight is 238 g/mol. The maximum absolute atomic E-state index is 12.3. The SMILES string of the molecule is CC(O)c1nn2c(C(F)(F)F)nnc2s1. The Morgan fingerprint density at radius 3 is 2.60 bits per heavy atom. The number of hydrogen-bond donors (Lipinski definition) is 1. The predicted octanol–water partition coefficient (Wildman–Crippen LogP) is 1.26. The highest BCUT2D eigenvalue weighted by atomic mass is 32.1. The van der Waals surface area contributed by atoms with E-state index in [1.54, 1.807) is 0 Å². The van der Waals surface area contributed by atoms with Crippen LogP contribution < -0.4 is 0 Å². The predicted molar refractivity (Wildman–Crippen MR) is 44.3 cm³/mol. The van der Waals surface area contributed by atoms with Gasteiger partial charge in [0.1, 0.15) is 11.1 Å². The summed E-state index contributed by atoms with van der Waals surface area (Å²) in [6.45, 7) is 1.42. The van der Waals surface area contributed by atoms with E-state index in [1.807, 2.05) is 0 Å². The number of halogens is 3. The summed E-state index contributed by atoms with van der Waals surface area (Å²) >= 11 is 0.871. The first kappa shape index (κ1) is 10.3. The lowest BCUT2D eigenvalue weighted by molar-refractivity contribution is -0.146. The minimum atomic E-state index is -4.59. The molecule has 0 aliphatic heterocycles. The quantitative estimate of drug-likeness (QED) is 0.812. The summed E-state index contributed by atoms with van der Waals surface area (Å²) in [5, 5.41) is 19.2. The van der Waals surface area contributed by atoms with Gasteiger partial charge in [0.15, 0.2) is 0 Å². The molecule has 15 heavy (non-hydrogen) atoms. The smallest absolute Gasteiger partial charge is 0.386 e. The van der Waals surface area contributed by atoms with Crippen LogP contribution >= 0.6 is 11.3 Å². The Hall–Kier alpha value is -1.22. The highest BCUT2D eigenvalue weighted by molar-refractivity contribution is 7.16. The van der Waals surface area contributed by atoms with E-state index in [2.05, 4.69) is 15.3 Å². The number of alkyl halides is 3. The molecule has 0 saturated heterocycles. The summed E-state index contributed by atoms with van der Waals surface area (Å²) < 4.78 is 37.6. The zero-order chi connectivity index (χ0) is 11.2. The van der Waals surface area contributed by atoms with Crippen LogP contribution in [0.3, 0.4) is 0 Å². The number of fused-ring (bicyclic) bond motifs is 1. The Kier molecular flexibility index (Phi) is 2.15. The third-order valence-corrected chi connectivity index (χ3v) is 2.69. The van der Waals surface area contributed by atoms with Crippen LogP contribution in [0.1, 0.15) is 23.9 Å². The fourth-order valence-corrected chi connectivity index (χ4v) is 1.75. The Balaban J connectivity index is 2.59. The lowest BCUT2D eigenvalue weighted by atomic mass is 10.4. The molecule has 2 rings (SSSR count). The topological polar surface area (TPSA) is 63.3 Å². The molecular weight excluding hydrogens is 233 g/mol. The molecule has 0 radical (unpaired) electrons. The van der Waals surface area contributed by atoms with Gasteiger partial charge in [-0.3, -0.25) is 0 Å². The van der Waals surface area contributed by atoms with Gasteiger partial charge in [-0.1, -0.05) is 11.3 Å². The molecular formula is C6H5F3N4OS. The number of nitrogens with zero attached hydrogens (tertiary/aromatic N) is 4. The number of aliphatic hydroxyl groups is 1. The van der Waals surface area contributed by atoms with E-state index in [1.165, 1.54) is 6.92 Å². The van der Waals surface area contributed by atoms with E-state index in [0.717, 1.165) is 11.3 Å². The number of aliphatic hydroxyl groups excluding tert-OH is 1. The summed E-state index contributed by atoms with van der Waals surface area (Å²) in [5.41, 5.74) is 0. The van der Waals surface area contributed by atoms with Crippen LogP contribution in [0.2, 0.25) is 0 Å². The third kappa shape index (κ3) is 1.67. The Labute approximate surface area is 85.2 Å². The van der Waals surface area contributed by atoms with Gasteiger partial charge in [-0.05, 0) is 6.92 Å². The van der Waals surface area contributed by atoms with Gasteiger partial charge in [0.2, 0.25) is 4.96 Å². The van der Waals surface area contributed by atoms with Crippen molar-refractivity contribution in [1.29, 1.82) is 0 Å². The van der Waals surface area contributed by atoms with Gasteiger partial charge in [0.25, 0.3) is 5.82 Å². The fourth-order valence-electron chi connectivity index (χ4n) is 0.977. The lowest BCUT2D eigenvalue weighted by Crippen LogP contribution is -2.11. The molecule has 0 aliphatic rings. The summed E-state index contributed by atoms with van der Waals surface area (Å²) in [6.07, 6.45) is -5.51. The van der Waals surface area contributed by atoms with E-state index >= 15 is 0 Å². The molecule has 0 fully saturated rings. The second-order valence-corrected chi connectivity index (χ2v) is 3.82. The van der Waals surface area contributed by atoms with Crippen LogP contribution in [0.5, 0.6) is 0 Å². The van der Waals surface area contributed by atoms with Gasteiger partial charge in [-0.15, -0.1) is 10.2 Å². The second-order valence-electron chi connectivity index (χ2n) is 2.83. The van der Waals surface area contributed by atoms with Gasteiger partial charge >= 0.3 is 6.18 Å². The molecule has 1 atom stereocenters. The second kappa shape index (κ2) is 3.14. The van der Waals surface area contributed by atoms with Crippen molar-refractivity contribution in [2.45, 2.75) is 19.2 Å². The number of rotatable bonds is 1. The van der Waals surface area contributed by atoms with Crippen LogP contribution in [0.25, 0.3) is 4.96 Å². The minimum Gasteiger partial charge on any atom is -0.386 e. The van der Waals surface area contributed by atoms with Gasteiger partial charge < -0.3 is 5.11 Å². The first-order valence-corrected chi connectivity index (χ1v) is 4.68. The molecule has 2 aromatic heterocycles. The first-order chi connectivity index (χ1) is 6.89. The summed E-state index contributed by atoms with van der Waals surface area (Å²) in [6, 6.07) is 0. The summed E-state index contributed by atoms with van der Waals surface area (Å²) in [4.78, 5) is 0.0122. The third-order valence-electron chi connectivity index (χ3n) is 1.62. The number of hydrogen-bond acceptors (Lipinski definition) is 5. The van der Waals surface area contributed by atoms with Crippen molar-refractivity contribution >= 4 is 16.3 Å². The van der Waals surface area contributed by atoms with Crippen molar-refractivity contribution in [3.05, 3.63) is 10.8 Å². The first-order valence-electron chi connectivity index (χ1n) is 3.87. The Morgan fingerprint density at radius 1 is 1.40 bits per heavy atom. The monoisotopic (exact) mass is 238 g/mol. The zero-order valence-electron chi connectivity index (χ0n) is 7.36. The summed E-state index contributed by atoms with van der Waals surface area (Å²) in [7, 11) is 0. The minimum absolute atomic E-state index is 0.0122. The molecule has 82 valence electrons. The Bertz CT molecular complexity index is 488.